The average molecular weight is 246 g/mol. The third kappa shape index (κ3) is 2.56. The van der Waals surface area contributed by atoms with Crippen molar-refractivity contribution in [3.63, 3.8) is 0 Å². The van der Waals surface area contributed by atoms with Crippen LogP contribution in [0.1, 0.15) is 35.7 Å². The molecule has 0 spiro atoms. The highest BCUT2D eigenvalue weighted by atomic mass is 32.1. The van der Waals surface area contributed by atoms with E-state index >= 15 is 0 Å². The zero-order chi connectivity index (χ0) is 12.3. The molecule has 2 atom stereocenters. The fourth-order valence-electron chi connectivity index (χ4n) is 2.18. The van der Waals surface area contributed by atoms with Crippen molar-refractivity contribution in [3.05, 3.63) is 52.0 Å². The van der Waals surface area contributed by atoms with Crippen LogP contribution in [-0.4, -0.2) is 12.0 Å². The number of likely N-dealkylation sites (N-methyl/N-ethyl adjacent to an activating group) is 1. The van der Waals surface area contributed by atoms with Crippen molar-refractivity contribution in [1.29, 1.82) is 0 Å². The van der Waals surface area contributed by atoms with Crippen LogP contribution in [0.15, 0.2) is 35.2 Å². The Balaban J connectivity index is 2.28. The number of aromatic nitrogens is 1. The lowest BCUT2D eigenvalue weighted by molar-refractivity contribution is 0.498. The van der Waals surface area contributed by atoms with Gasteiger partial charge in [-0.3, -0.25) is 4.98 Å². The molecule has 0 aromatic carbocycles. The fourth-order valence-corrected chi connectivity index (χ4v) is 3.07. The van der Waals surface area contributed by atoms with E-state index in [-0.39, 0.29) is 0 Å². The van der Waals surface area contributed by atoms with Crippen LogP contribution >= 0.6 is 11.3 Å². The molecule has 0 aliphatic heterocycles. The van der Waals surface area contributed by atoms with E-state index in [4.69, 9.17) is 0 Å². The van der Waals surface area contributed by atoms with Crippen LogP contribution < -0.4 is 5.32 Å². The van der Waals surface area contributed by atoms with E-state index in [1.54, 1.807) is 11.3 Å². The zero-order valence-corrected chi connectivity index (χ0v) is 11.3. The molecule has 0 aliphatic rings. The van der Waals surface area contributed by atoms with E-state index < -0.39 is 0 Å². The third-order valence-electron chi connectivity index (χ3n) is 3.20. The fraction of sp³-hybridized carbons (Fsp3) is 0.357. The molecule has 0 radical (unpaired) electrons. The summed E-state index contributed by atoms with van der Waals surface area (Å²) in [6.07, 6.45) is 1.86. The van der Waals surface area contributed by atoms with Crippen LogP contribution in [0.3, 0.4) is 0 Å². The summed E-state index contributed by atoms with van der Waals surface area (Å²) >= 11 is 1.76. The van der Waals surface area contributed by atoms with Crippen molar-refractivity contribution >= 4 is 11.3 Å². The Morgan fingerprint density at radius 3 is 2.65 bits per heavy atom. The summed E-state index contributed by atoms with van der Waals surface area (Å²) in [7, 11) is 2.02. The van der Waals surface area contributed by atoms with E-state index in [9.17, 15) is 0 Å². The molecule has 17 heavy (non-hydrogen) atoms. The molecule has 2 aromatic rings. The molecule has 1 N–H and O–H groups in total. The molecule has 2 unspecified atom stereocenters. The van der Waals surface area contributed by atoms with E-state index in [0.29, 0.717) is 12.0 Å². The molecule has 2 rings (SSSR count). The van der Waals surface area contributed by atoms with Crippen molar-refractivity contribution in [2.75, 3.05) is 7.05 Å². The van der Waals surface area contributed by atoms with Crippen molar-refractivity contribution < 1.29 is 0 Å². The second-order valence-electron chi connectivity index (χ2n) is 4.32. The van der Waals surface area contributed by atoms with Crippen LogP contribution in [0.5, 0.6) is 0 Å². The number of nitrogens with zero attached hydrogens (tertiary/aromatic N) is 1. The second kappa shape index (κ2) is 5.43. The highest BCUT2D eigenvalue weighted by molar-refractivity contribution is 7.08. The third-order valence-corrected chi connectivity index (χ3v) is 4.08. The maximum atomic E-state index is 4.45. The van der Waals surface area contributed by atoms with Crippen molar-refractivity contribution in [1.82, 2.24) is 10.3 Å². The predicted octanol–water partition coefficient (Wildman–Crippen LogP) is 3.52. The van der Waals surface area contributed by atoms with E-state index in [1.807, 2.05) is 25.4 Å². The Kier molecular flexibility index (Phi) is 3.92. The lowest BCUT2D eigenvalue weighted by Crippen LogP contribution is -2.23. The van der Waals surface area contributed by atoms with Gasteiger partial charge in [-0.1, -0.05) is 13.0 Å². The number of nitrogens with one attached hydrogen (secondary N) is 1. The quantitative estimate of drug-likeness (QED) is 0.893. The number of thiophene rings is 1. The minimum Gasteiger partial charge on any atom is -0.312 e. The van der Waals surface area contributed by atoms with E-state index in [0.717, 1.165) is 5.69 Å². The summed E-state index contributed by atoms with van der Waals surface area (Å²) in [6, 6.07) is 6.43. The molecule has 0 amide bonds. The number of pyridine rings is 1. The smallest absolute Gasteiger partial charge is 0.0450 e. The first-order valence-electron chi connectivity index (χ1n) is 5.85. The van der Waals surface area contributed by atoms with Gasteiger partial charge in [0.05, 0.1) is 0 Å². The summed E-state index contributed by atoms with van der Waals surface area (Å²) in [6.45, 7) is 4.39. The molecule has 90 valence electrons. The van der Waals surface area contributed by atoms with Crippen molar-refractivity contribution in [2.45, 2.75) is 25.8 Å². The summed E-state index contributed by atoms with van der Waals surface area (Å²) in [5.74, 6) is 0.370. The van der Waals surface area contributed by atoms with E-state index in [1.165, 1.54) is 11.1 Å². The van der Waals surface area contributed by atoms with Gasteiger partial charge in [-0.05, 0) is 48.0 Å². The summed E-state index contributed by atoms with van der Waals surface area (Å²) in [5, 5.41) is 7.84. The summed E-state index contributed by atoms with van der Waals surface area (Å²) < 4.78 is 0. The molecule has 0 fully saturated rings. The normalized spacial score (nSPS) is 14.5. The first-order valence-corrected chi connectivity index (χ1v) is 6.79. The van der Waals surface area contributed by atoms with Gasteiger partial charge in [-0.25, -0.2) is 0 Å². The monoisotopic (exact) mass is 246 g/mol. The average Bonchev–Trinajstić information content (AvgIpc) is 2.78. The van der Waals surface area contributed by atoms with E-state index in [2.05, 4.69) is 41.0 Å². The molecular formula is C14H18N2S. The van der Waals surface area contributed by atoms with Gasteiger partial charge in [-0.2, -0.15) is 11.3 Å². The van der Waals surface area contributed by atoms with Gasteiger partial charge in [0.2, 0.25) is 0 Å². The Morgan fingerprint density at radius 2 is 2.12 bits per heavy atom. The van der Waals surface area contributed by atoms with Crippen LogP contribution in [0.4, 0.5) is 0 Å². The largest absolute Gasteiger partial charge is 0.312 e. The predicted molar refractivity (Wildman–Crippen MR) is 73.5 cm³/mol. The molecule has 3 heteroatoms. The summed E-state index contributed by atoms with van der Waals surface area (Å²) in [5.41, 5.74) is 3.88. The number of rotatable bonds is 4. The van der Waals surface area contributed by atoms with Crippen molar-refractivity contribution in [2.24, 2.45) is 0 Å². The Morgan fingerprint density at radius 1 is 1.29 bits per heavy atom. The van der Waals surface area contributed by atoms with Gasteiger partial charge in [0, 0.05) is 23.9 Å². The molecule has 0 saturated heterocycles. The summed E-state index contributed by atoms with van der Waals surface area (Å²) in [4.78, 5) is 4.45. The van der Waals surface area contributed by atoms with Crippen LogP contribution in [0, 0.1) is 6.92 Å². The Hall–Kier alpha value is -1.19. The Labute approximate surface area is 107 Å². The maximum absolute atomic E-state index is 4.45. The molecular weight excluding hydrogens is 228 g/mol. The molecule has 0 saturated carbocycles. The second-order valence-corrected chi connectivity index (χ2v) is 5.06. The topological polar surface area (TPSA) is 24.9 Å². The van der Waals surface area contributed by atoms with Gasteiger partial charge in [0.1, 0.15) is 0 Å². The number of hydrogen-bond donors (Lipinski definition) is 1. The lowest BCUT2D eigenvalue weighted by atomic mass is 9.91. The number of hydrogen-bond acceptors (Lipinski definition) is 3. The molecule has 2 heterocycles. The lowest BCUT2D eigenvalue weighted by Gasteiger charge is -2.23. The first kappa shape index (κ1) is 12.3. The standard InChI is InChI=1S/C14H18N2S/c1-10-8-17-9-12(10)14(15-3)11(2)13-6-4-5-7-16-13/h4-9,11,14-15H,1-3H3. The van der Waals surface area contributed by atoms with Crippen LogP contribution in [-0.2, 0) is 0 Å². The molecule has 0 bridgehead atoms. The van der Waals surface area contributed by atoms with Gasteiger partial charge < -0.3 is 5.32 Å². The zero-order valence-electron chi connectivity index (χ0n) is 10.5. The Bertz CT molecular complexity index is 464. The van der Waals surface area contributed by atoms with Gasteiger partial charge in [0.25, 0.3) is 0 Å². The highest BCUT2D eigenvalue weighted by Gasteiger charge is 2.21. The SMILES string of the molecule is CNC(c1cscc1C)C(C)c1ccccn1. The van der Waals surface area contributed by atoms with Crippen LogP contribution in [0.2, 0.25) is 0 Å². The van der Waals surface area contributed by atoms with Crippen LogP contribution in [0.25, 0.3) is 0 Å². The van der Waals surface area contributed by atoms with Crippen molar-refractivity contribution in [3.8, 4) is 0 Å². The van der Waals surface area contributed by atoms with Gasteiger partial charge in [-0.15, -0.1) is 0 Å². The maximum Gasteiger partial charge on any atom is 0.0450 e. The number of aryl methyl sites for hydroxylation is 1. The van der Waals surface area contributed by atoms with Gasteiger partial charge >= 0.3 is 0 Å². The minimum atomic E-state index is 0.330. The molecule has 2 nitrogen and oxygen atoms in total. The molecule has 2 aromatic heterocycles. The minimum absolute atomic E-state index is 0.330. The molecule has 0 aliphatic carbocycles. The van der Waals surface area contributed by atoms with Gasteiger partial charge in [0.15, 0.2) is 0 Å². The highest BCUT2D eigenvalue weighted by Crippen LogP contribution is 2.32. The first-order chi connectivity index (χ1) is 8.24.